The van der Waals surface area contributed by atoms with Crippen molar-refractivity contribution >= 4 is 6.09 Å². The largest absolute Gasteiger partial charge is 0.444 e. The molecular weight excluding hydrogens is 506 g/mol. The topological polar surface area (TPSA) is 114 Å². The number of hydrogen-bond donors (Lipinski definition) is 2. The summed E-state index contributed by atoms with van der Waals surface area (Å²) in [4.78, 5) is 23.5. The molecule has 0 saturated carbocycles. The molecule has 1 unspecified atom stereocenters. The van der Waals surface area contributed by atoms with Crippen molar-refractivity contribution in [1.29, 1.82) is 0 Å². The van der Waals surface area contributed by atoms with E-state index in [1.165, 1.54) is 5.56 Å². The summed E-state index contributed by atoms with van der Waals surface area (Å²) in [5, 5.41) is 19.5. The zero-order valence-corrected chi connectivity index (χ0v) is 25.2. The van der Waals surface area contributed by atoms with Crippen LogP contribution in [0.2, 0.25) is 0 Å². The second-order valence-corrected chi connectivity index (χ2v) is 13.4. The van der Waals surface area contributed by atoms with Crippen LogP contribution in [-0.2, 0) is 16.8 Å². The summed E-state index contributed by atoms with van der Waals surface area (Å²) < 4.78 is 10.9. The number of rotatable bonds is 8. The van der Waals surface area contributed by atoms with Crippen LogP contribution in [0.3, 0.4) is 0 Å². The second-order valence-electron chi connectivity index (χ2n) is 13.4. The maximum absolute atomic E-state index is 12.5. The van der Waals surface area contributed by atoms with E-state index in [0.717, 1.165) is 18.7 Å². The molecule has 0 radical (unpaired) electrons. The minimum Gasteiger partial charge on any atom is -0.444 e. The molecule has 1 amide bonds. The highest BCUT2D eigenvalue weighted by Crippen LogP contribution is 2.50. The number of hydrogen-bond acceptors (Lipinski definition) is 8. The summed E-state index contributed by atoms with van der Waals surface area (Å²) in [5.74, 6) is 1.13. The van der Waals surface area contributed by atoms with Crippen LogP contribution in [0.4, 0.5) is 4.79 Å². The van der Waals surface area contributed by atoms with Gasteiger partial charge in [0.05, 0.1) is 0 Å². The molecule has 0 spiro atoms. The number of pyridine rings is 1. The van der Waals surface area contributed by atoms with Crippen molar-refractivity contribution in [1.82, 2.24) is 25.3 Å². The van der Waals surface area contributed by atoms with Gasteiger partial charge in [-0.15, -0.1) is 0 Å². The quantitative estimate of drug-likeness (QED) is 0.390. The molecule has 216 valence electrons. The number of aliphatic hydroxyl groups is 1. The first-order valence-electron chi connectivity index (χ1n) is 13.8. The molecule has 4 rings (SSSR count). The molecule has 1 aromatic carbocycles. The average Bonchev–Trinajstić information content (AvgIpc) is 3.28. The third kappa shape index (κ3) is 6.20. The second kappa shape index (κ2) is 10.6. The van der Waals surface area contributed by atoms with E-state index in [1.54, 1.807) is 12.4 Å². The van der Waals surface area contributed by atoms with Gasteiger partial charge in [-0.3, -0.25) is 4.98 Å². The van der Waals surface area contributed by atoms with Crippen molar-refractivity contribution < 1.29 is 19.2 Å². The summed E-state index contributed by atoms with van der Waals surface area (Å²) >= 11 is 0. The summed E-state index contributed by atoms with van der Waals surface area (Å²) in [7, 11) is 2.05. The highest BCUT2D eigenvalue weighted by atomic mass is 16.6. The molecule has 2 N–H and O–H groups in total. The van der Waals surface area contributed by atoms with Crippen molar-refractivity contribution in [2.24, 2.45) is 5.41 Å². The Hall–Kier alpha value is -3.30. The van der Waals surface area contributed by atoms with Crippen LogP contribution in [-0.4, -0.2) is 62.5 Å². The van der Waals surface area contributed by atoms with E-state index >= 15 is 0 Å². The Morgan fingerprint density at radius 2 is 1.77 bits per heavy atom. The van der Waals surface area contributed by atoms with Gasteiger partial charge in [0, 0.05) is 54.0 Å². The zero-order valence-electron chi connectivity index (χ0n) is 25.2. The van der Waals surface area contributed by atoms with Gasteiger partial charge in [-0.2, -0.15) is 4.98 Å². The van der Waals surface area contributed by atoms with E-state index in [0.29, 0.717) is 35.2 Å². The van der Waals surface area contributed by atoms with Crippen LogP contribution in [0.15, 0.2) is 47.2 Å². The fraction of sp³-hybridized carbons (Fsp3) is 0.548. The Balaban J connectivity index is 1.62. The van der Waals surface area contributed by atoms with Gasteiger partial charge >= 0.3 is 6.09 Å². The molecule has 9 nitrogen and oxygen atoms in total. The average molecular weight is 550 g/mol. The van der Waals surface area contributed by atoms with Crippen LogP contribution < -0.4 is 5.32 Å². The van der Waals surface area contributed by atoms with E-state index in [4.69, 9.17) is 9.26 Å². The van der Waals surface area contributed by atoms with Gasteiger partial charge in [0.25, 0.3) is 0 Å². The number of nitrogens with one attached hydrogen (secondary N) is 1. The number of aromatic nitrogens is 3. The van der Waals surface area contributed by atoms with Crippen molar-refractivity contribution in [2.45, 2.75) is 84.5 Å². The minimum atomic E-state index is -1.27. The number of likely N-dealkylation sites (tertiary alicyclic amines) is 1. The first-order chi connectivity index (χ1) is 18.5. The molecule has 1 saturated heterocycles. The Labute approximate surface area is 237 Å². The Kier molecular flexibility index (Phi) is 7.86. The molecule has 40 heavy (non-hydrogen) atoms. The van der Waals surface area contributed by atoms with Gasteiger partial charge in [-0.1, -0.05) is 50.2 Å². The maximum atomic E-state index is 12.5. The number of carbonyl (C=O) groups excluding carboxylic acids is 1. The molecule has 0 aliphatic carbocycles. The van der Waals surface area contributed by atoms with Crippen LogP contribution in [0.1, 0.15) is 83.9 Å². The smallest absolute Gasteiger partial charge is 0.408 e. The number of nitrogens with zero attached hydrogens (tertiary/aromatic N) is 4. The Bertz CT molecular complexity index is 1340. The summed E-state index contributed by atoms with van der Waals surface area (Å²) in [6, 6.07) is 10.1. The van der Waals surface area contributed by atoms with Gasteiger partial charge in [0.15, 0.2) is 0 Å². The van der Waals surface area contributed by atoms with Gasteiger partial charge < -0.3 is 24.6 Å². The van der Waals surface area contributed by atoms with Gasteiger partial charge in [-0.05, 0) is 64.8 Å². The number of alkyl carbamates (subject to hydrolysis) is 1. The normalized spacial score (nSPS) is 17.3. The standard InChI is InChI=1S/C31H43N5O4/c1-20(2)21-10-12-23(13-11-21)31(38,30(8)18-36(9)19-30)24-14-22(16-32-17-24)26-33-25(40-35-26)15-29(6,7)34-27(37)39-28(3,4)5/h10-14,16-17,20,38H,15,18-19H2,1-9H3,(H,34,37). The summed E-state index contributed by atoms with van der Waals surface area (Å²) in [5.41, 5.74) is 0.396. The van der Waals surface area contributed by atoms with E-state index in [9.17, 15) is 9.90 Å². The number of ether oxygens (including phenoxy) is 1. The third-order valence-electron chi connectivity index (χ3n) is 7.42. The number of carbonyl (C=O) groups is 1. The predicted molar refractivity (Wildman–Crippen MR) is 154 cm³/mol. The monoisotopic (exact) mass is 549 g/mol. The lowest BCUT2D eigenvalue weighted by Gasteiger charge is -2.55. The molecule has 9 heteroatoms. The van der Waals surface area contributed by atoms with E-state index in [1.807, 2.05) is 52.8 Å². The number of benzene rings is 1. The lowest BCUT2D eigenvalue weighted by atomic mass is 9.62. The molecular formula is C31H43N5O4. The van der Waals surface area contributed by atoms with Gasteiger partial charge in [0.2, 0.25) is 11.7 Å². The van der Waals surface area contributed by atoms with E-state index in [2.05, 4.69) is 65.3 Å². The van der Waals surface area contributed by atoms with Crippen LogP contribution in [0.25, 0.3) is 11.4 Å². The van der Waals surface area contributed by atoms with Gasteiger partial charge in [0.1, 0.15) is 11.2 Å². The SMILES string of the molecule is CC(C)c1ccc(C(O)(c2cncc(-c3noc(CC(C)(C)NC(=O)OC(C)(C)C)n3)c2)C2(C)CN(C)C2)cc1. The lowest BCUT2D eigenvalue weighted by molar-refractivity contribution is -0.127. The molecule has 1 aliphatic heterocycles. The molecule has 0 bridgehead atoms. The maximum Gasteiger partial charge on any atom is 0.408 e. The third-order valence-corrected chi connectivity index (χ3v) is 7.42. The lowest BCUT2D eigenvalue weighted by Crippen LogP contribution is -2.63. The van der Waals surface area contributed by atoms with Crippen molar-refractivity contribution in [2.75, 3.05) is 20.1 Å². The van der Waals surface area contributed by atoms with E-state index in [-0.39, 0.29) is 0 Å². The fourth-order valence-electron chi connectivity index (χ4n) is 5.55. The first kappa shape index (κ1) is 29.7. The Morgan fingerprint density at radius 3 is 2.35 bits per heavy atom. The zero-order chi connectivity index (χ0) is 29.5. The molecule has 1 fully saturated rings. The summed E-state index contributed by atoms with van der Waals surface area (Å²) in [6.45, 7) is 17.1. The minimum absolute atomic E-state index is 0.308. The van der Waals surface area contributed by atoms with Crippen LogP contribution in [0, 0.1) is 5.41 Å². The molecule has 2 aromatic heterocycles. The Morgan fingerprint density at radius 1 is 1.12 bits per heavy atom. The molecule has 3 aromatic rings. The van der Waals surface area contributed by atoms with Crippen molar-refractivity contribution in [3.63, 3.8) is 0 Å². The molecule has 1 atom stereocenters. The van der Waals surface area contributed by atoms with Gasteiger partial charge in [-0.25, -0.2) is 4.79 Å². The number of amides is 1. The first-order valence-corrected chi connectivity index (χ1v) is 13.8. The van der Waals surface area contributed by atoms with Crippen molar-refractivity contribution in [3.8, 4) is 11.4 Å². The summed E-state index contributed by atoms with van der Waals surface area (Å²) in [6.07, 6.45) is 3.19. The highest BCUT2D eigenvalue weighted by molar-refractivity contribution is 5.68. The van der Waals surface area contributed by atoms with Crippen LogP contribution >= 0.6 is 0 Å². The molecule has 3 heterocycles. The predicted octanol–water partition coefficient (Wildman–Crippen LogP) is 5.29. The van der Waals surface area contributed by atoms with E-state index < -0.39 is 28.2 Å². The molecule has 1 aliphatic rings. The highest BCUT2D eigenvalue weighted by Gasteiger charge is 2.55. The fourth-order valence-corrected chi connectivity index (χ4v) is 5.55. The van der Waals surface area contributed by atoms with Crippen molar-refractivity contribution in [3.05, 3.63) is 65.3 Å². The van der Waals surface area contributed by atoms with Crippen LogP contribution in [0.5, 0.6) is 0 Å².